The van der Waals surface area contributed by atoms with Crippen molar-refractivity contribution >= 4 is 34.8 Å². The molecule has 2 rings (SSSR count). The van der Waals surface area contributed by atoms with Crippen molar-refractivity contribution < 1.29 is 9.59 Å². The van der Waals surface area contributed by atoms with Crippen LogP contribution in [-0.2, 0) is 16.0 Å². The van der Waals surface area contributed by atoms with E-state index in [1.54, 1.807) is 42.5 Å². The number of halogens is 1. The normalized spacial score (nSPS) is 9.83. The van der Waals surface area contributed by atoms with Gasteiger partial charge >= 0.3 is 0 Å². The molecule has 0 aromatic heterocycles. The third-order valence-electron chi connectivity index (χ3n) is 3.27. The fourth-order valence-corrected chi connectivity index (χ4v) is 2.21. The number of aryl methyl sites for hydroxylation is 1. The van der Waals surface area contributed by atoms with Crippen LogP contribution in [0.25, 0.3) is 0 Å². The fourth-order valence-electron chi connectivity index (χ4n) is 2.09. The molecule has 0 aliphatic heterocycles. The number of hydrogen-bond acceptors (Lipinski definition) is 3. The quantitative estimate of drug-likeness (QED) is 0.839. The second-order valence-electron chi connectivity index (χ2n) is 5.10. The molecule has 2 N–H and O–H groups in total. The van der Waals surface area contributed by atoms with Gasteiger partial charge in [0.05, 0.1) is 17.4 Å². The molecule has 0 atom stereocenters. The molecule has 0 spiro atoms. The summed E-state index contributed by atoms with van der Waals surface area (Å²) in [5.41, 5.74) is 1.99. The zero-order valence-corrected chi connectivity index (χ0v) is 13.6. The molecule has 0 aliphatic rings. The second kappa shape index (κ2) is 8.70. The number of amides is 2. The summed E-state index contributed by atoms with van der Waals surface area (Å²) in [4.78, 5) is 23.6. The molecule has 0 radical (unpaired) electrons. The third-order valence-corrected chi connectivity index (χ3v) is 3.52. The van der Waals surface area contributed by atoms with E-state index >= 15 is 0 Å². The highest BCUT2D eigenvalue weighted by Gasteiger charge is 2.09. The van der Waals surface area contributed by atoms with Crippen molar-refractivity contribution in [2.45, 2.75) is 19.3 Å². The van der Waals surface area contributed by atoms with Crippen molar-refractivity contribution in [2.24, 2.45) is 0 Å². The van der Waals surface area contributed by atoms with Crippen LogP contribution in [0.2, 0.25) is 5.02 Å². The summed E-state index contributed by atoms with van der Waals surface area (Å²) >= 11 is 5.83. The molecule has 24 heavy (non-hydrogen) atoms. The number of anilines is 2. The lowest BCUT2D eigenvalue weighted by atomic mass is 10.1. The number of nitriles is 1. The number of carbonyl (C=O) groups excluding carboxylic acids is 2. The Hall–Kier alpha value is -2.84. The van der Waals surface area contributed by atoms with E-state index in [9.17, 15) is 9.59 Å². The summed E-state index contributed by atoms with van der Waals surface area (Å²) in [7, 11) is 0. The van der Waals surface area contributed by atoms with Gasteiger partial charge in [0.25, 0.3) is 0 Å². The highest BCUT2D eigenvalue weighted by molar-refractivity contribution is 6.30. The SMILES string of the molecule is N#CCC(=O)Nc1ccccc1NC(=O)CCc1ccc(Cl)cc1. The molecule has 0 aliphatic carbocycles. The van der Waals surface area contributed by atoms with Gasteiger partial charge in [-0.2, -0.15) is 5.26 Å². The summed E-state index contributed by atoms with van der Waals surface area (Å²) in [6.45, 7) is 0. The average Bonchev–Trinajstić information content (AvgIpc) is 2.56. The molecular formula is C18H16ClN3O2. The Labute approximate surface area is 145 Å². The number of para-hydroxylation sites is 2. The van der Waals surface area contributed by atoms with Crippen LogP contribution in [0.4, 0.5) is 11.4 Å². The first-order valence-corrected chi connectivity index (χ1v) is 7.76. The smallest absolute Gasteiger partial charge is 0.238 e. The first kappa shape index (κ1) is 17.5. The molecule has 6 heteroatoms. The highest BCUT2D eigenvalue weighted by Crippen LogP contribution is 2.21. The van der Waals surface area contributed by atoms with Crippen LogP contribution in [-0.4, -0.2) is 11.8 Å². The number of benzene rings is 2. The number of nitrogens with one attached hydrogen (secondary N) is 2. The first-order chi connectivity index (χ1) is 11.6. The van der Waals surface area contributed by atoms with E-state index in [4.69, 9.17) is 16.9 Å². The van der Waals surface area contributed by atoms with Gasteiger partial charge in [0, 0.05) is 11.4 Å². The summed E-state index contributed by atoms with van der Waals surface area (Å²) in [6, 6.07) is 16.0. The summed E-state index contributed by atoms with van der Waals surface area (Å²) in [5, 5.41) is 14.6. The van der Waals surface area contributed by atoms with Crippen molar-refractivity contribution in [3.63, 3.8) is 0 Å². The molecule has 0 fully saturated rings. The zero-order chi connectivity index (χ0) is 17.4. The Balaban J connectivity index is 1.95. The number of carbonyl (C=O) groups is 2. The molecule has 0 saturated carbocycles. The minimum absolute atomic E-state index is 0.160. The number of nitrogens with zero attached hydrogens (tertiary/aromatic N) is 1. The zero-order valence-electron chi connectivity index (χ0n) is 12.9. The Morgan fingerprint density at radius 2 is 1.54 bits per heavy atom. The van der Waals surface area contributed by atoms with Crippen LogP contribution < -0.4 is 10.6 Å². The van der Waals surface area contributed by atoms with Crippen molar-refractivity contribution in [3.05, 3.63) is 59.1 Å². The highest BCUT2D eigenvalue weighted by atomic mass is 35.5. The molecule has 5 nitrogen and oxygen atoms in total. The molecule has 0 saturated heterocycles. The maximum absolute atomic E-state index is 12.1. The van der Waals surface area contributed by atoms with Crippen molar-refractivity contribution in [1.82, 2.24) is 0 Å². The Morgan fingerprint density at radius 3 is 2.12 bits per heavy atom. The van der Waals surface area contributed by atoms with Crippen LogP contribution in [0.15, 0.2) is 48.5 Å². The Morgan fingerprint density at radius 1 is 0.958 bits per heavy atom. The predicted molar refractivity (Wildman–Crippen MR) is 93.7 cm³/mol. The van der Waals surface area contributed by atoms with Crippen molar-refractivity contribution in [2.75, 3.05) is 10.6 Å². The summed E-state index contributed by atoms with van der Waals surface area (Å²) in [5.74, 6) is -0.577. The third kappa shape index (κ3) is 5.41. The molecular weight excluding hydrogens is 326 g/mol. The maximum atomic E-state index is 12.1. The van der Waals surface area contributed by atoms with Crippen LogP contribution in [0.3, 0.4) is 0 Å². The standard InChI is InChI=1S/C18H16ClN3O2/c19-14-8-5-13(6-9-14)7-10-17(23)21-15-3-1-2-4-16(15)22-18(24)11-12-20/h1-6,8-9H,7,10-11H2,(H,21,23)(H,22,24). The van der Waals surface area contributed by atoms with Gasteiger partial charge in [0.15, 0.2) is 0 Å². The predicted octanol–water partition coefficient (Wildman–Crippen LogP) is 3.76. The minimum Gasteiger partial charge on any atom is -0.324 e. The summed E-state index contributed by atoms with van der Waals surface area (Å²) < 4.78 is 0. The lowest BCUT2D eigenvalue weighted by Gasteiger charge is -2.11. The second-order valence-corrected chi connectivity index (χ2v) is 5.54. The van der Waals surface area contributed by atoms with Crippen molar-refractivity contribution in [3.8, 4) is 6.07 Å². The van der Waals surface area contributed by atoms with Crippen LogP contribution in [0.1, 0.15) is 18.4 Å². The maximum Gasteiger partial charge on any atom is 0.238 e. The molecule has 0 bridgehead atoms. The van der Waals surface area contributed by atoms with E-state index in [0.717, 1.165) is 5.56 Å². The molecule has 122 valence electrons. The van der Waals surface area contributed by atoms with E-state index in [1.165, 1.54) is 0 Å². The number of hydrogen-bond donors (Lipinski definition) is 2. The fraction of sp³-hybridized carbons (Fsp3) is 0.167. The lowest BCUT2D eigenvalue weighted by molar-refractivity contribution is -0.116. The van der Waals surface area contributed by atoms with Crippen molar-refractivity contribution in [1.29, 1.82) is 5.26 Å². The molecule has 2 aromatic rings. The van der Waals surface area contributed by atoms with Crippen LogP contribution in [0, 0.1) is 11.3 Å². The largest absolute Gasteiger partial charge is 0.324 e. The van der Waals surface area contributed by atoms with E-state index in [-0.39, 0.29) is 12.3 Å². The van der Waals surface area contributed by atoms with Gasteiger partial charge in [-0.3, -0.25) is 9.59 Å². The van der Waals surface area contributed by atoms with Gasteiger partial charge in [0.2, 0.25) is 11.8 Å². The van der Waals surface area contributed by atoms with Gasteiger partial charge in [0.1, 0.15) is 6.42 Å². The van der Waals surface area contributed by atoms with E-state index in [0.29, 0.717) is 29.2 Å². The van der Waals surface area contributed by atoms with Crippen LogP contribution in [0.5, 0.6) is 0 Å². The van der Waals surface area contributed by atoms with E-state index in [2.05, 4.69) is 10.6 Å². The molecule has 0 unspecified atom stereocenters. The van der Waals surface area contributed by atoms with Gasteiger partial charge in [-0.25, -0.2) is 0 Å². The molecule has 2 amide bonds. The van der Waals surface area contributed by atoms with Crippen LogP contribution >= 0.6 is 11.6 Å². The van der Waals surface area contributed by atoms with E-state index < -0.39 is 5.91 Å². The first-order valence-electron chi connectivity index (χ1n) is 7.38. The van der Waals surface area contributed by atoms with Gasteiger partial charge < -0.3 is 10.6 Å². The molecule has 2 aromatic carbocycles. The summed E-state index contributed by atoms with van der Waals surface area (Å²) in [6.07, 6.45) is 0.660. The van der Waals surface area contributed by atoms with Gasteiger partial charge in [-0.15, -0.1) is 0 Å². The topological polar surface area (TPSA) is 82.0 Å². The monoisotopic (exact) mass is 341 g/mol. The number of rotatable bonds is 6. The average molecular weight is 342 g/mol. The Bertz CT molecular complexity index is 767. The van der Waals surface area contributed by atoms with Gasteiger partial charge in [-0.1, -0.05) is 35.9 Å². The Kier molecular flexibility index (Phi) is 6.35. The van der Waals surface area contributed by atoms with Gasteiger partial charge in [-0.05, 0) is 36.2 Å². The van der Waals surface area contributed by atoms with E-state index in [1.807, 2.05) is 12.1 Å². The minimum atomic E-state index is -0.416. The molecule has 0 heterocycles. The lowest BCUT2D eigenvalue weighted by Crippen LogP contribution is -2.16.